The van der Waals surface area contributed by atoms with Gasteiger partial charge in [0.15, 0.2) is 0 Å². The smallest absolute Gasteiger partial charge is 0.323 e. The number of amides is 1. The topological polar surface area (TPSA) is 94.0 Å². The van der Waals surface area contributed by atoms with Crippen molar-refractivity contribution < 1.29 is 9.32 Å². The van der Waals surface area contributed by atoms with Crippen LogP contribution in [0.15, 0.2) is 47.0 Å². The average molecular weight is 254 g/mol. The molecule has 3 rings (SSSR count). The first-order valence-electron chi connectivity index (χ1n) is 5.62. The Morgan fingerprint density at radius 2 is 1.95 bits per heavy atom. The van der Waals surface area contributed by atoms with Gasteiger partial charge in [-0.2, -0.15) is 4.98 Å². The number of hydrogen-bond donors (Lipinski definition) is 2. The molecular weight excluding hydrogens is 244 g/mol. The lowest BCUT2D eigenvalue weighted by atomic mass is 10.0. The summed E-state index contributed by atoms with van der Waals surface area (Å²) in [6.45, 7) is 0. The van der Waals surface area contributed by atoms with Crippen LogP contribution in [0.25, 0.3) is 22.2 Å². The summed E-state index contributed by atoms with van der Waals surface area (Å²) in [5.41, 5.74) is 2.75. The Morgan fingerprint density at radius 1 is 1.16 bits per heavy atom. The Bertz CT molecular complexity index is 746. The number of nitrogen functional groups attached to an aromatic ring is 1. The zero-order valence-electron chi connectivity index (χ0n) is 9.83. The fourth-order valence-corrected chi connectivity index (χ4v) is 1.91. The average Bonchev–Trinajstić information content (AvgIpc) is 2.95. The SMILES string of the molecule is NNC(=O)c1nc(-c2cccc3ccccc23)no1. The molecule has 19 heavy (non-hydrogen) atoms. The summed E-state index contributed by atoms with van der Waals surface area (Å²) in [5.74, 6) is 4.60. The molecule has 0 bridgehead atoms. The first-order chi connectivity index (χ1) is 9.29. The molecule has 0 unspecified atom stereocenters. The summed E-state index contributed by atoms with van der Waals surface area (Å²) in [5, 5.41) is 5.86. The van der Waals surface area contributed by atoms with Crippen molar-refractivity contribution in [3.8, 4) is 11.4 Å². The van der Waals surface area contributed by atoms with Crippen molar-refractivity contribution in [2.45, 2.75) is 0 Å². The molecule has 0 radical (unpaired) electrons. The molecule has 0 aliphatic heterocycles. The van der Waals surface area contributed by atoms with E-state index >= 15 is 0 Å². The lowest BCUT2D eigenvalue weighted by Crippen LogP contribution is -2.30. The van der Waals surface area contributed by atoms with Crippen molar-refractivity contribution in [3.63, 3.8) is 0 Å². The Hall–Kier alpha value is -2.73. The molecule has 6 nitrogen and oxygen atoms in total. The number of rotatable bonds is 2. The van der Waals surface area contributed by atoms with Crippen LogP contribution in [0.4, 0.5) is 0 Å². The molecule has 1 aromatic heterocycles. The molecule has 3 aromatic rings. The van der Waals surface area contributed by atoms with E-state index in [1.54, 1.807) is 0 Å². The highest BCUT2D eigenvalue weighted by Gasteiger charge is 2.16. The maximum atomic E-state index is 11.3. The Labute approximate surface area is 108 Å². The van der Waals surface area contributed by atoms with Gasteiger partial charge in [-0.3, -0.25) is 10.2 Å². The molecule has 0 saturated heterocycles. The van der Waals surface area contributed by atoms with Crippen molar-refractivity contribution in [2.75, 3.05) is 0 Å². The summed E-state index contributed by atoms with van der Waals surface area (Å²) in [6, 6.07) is 13.6. The number of nitrogens with zero attached hydrogens (tertiary/aromatic N) is 2. The van der Waals surface area contributed by atoms with Crippen LogP contribution < -0.4 is 11.3 Å². The highest BCUT2D eigenvalue weighted by Crippen LogP contribution is 2.26. The van der Waals surface area contributed by atoms with Crippen LogP contribution >= 0.6 is 0 Å². The van der Waals surface area contributed by atoms with Crippen molar-refractivity contribution in [2.24, 2.45) is 5.84 Å². The third kappa shape index (κ3) is 1.94. The van der Waals surface area contributed by atoms with Gasteiger partial charge in [0.2, 0.25) is 5.82 Å². The third-order valence-corrected chi connectivity index (χ3v) is 2.78. The second-order valence-electron chi connectivity index (χ2n) is 3.92. The van der Waals surface area contributed by atoms with Gasteiger partial charge in [-0.15, -0.1) is 0 Å². The quantitative estimate of drug-likeness (QED) is 0.410. The highest BCUT2D eigenvalue weighted by molar-refractivity contribution is 5.95. The number of carbonyl (C=O) groups excluding carboxylic acids is 1. The van der Waals surface area contributed by atoms with Gasteiger partial charge in [0.1, 0.15) is 0 Å². The number of nitrogens with two attached hydrogens (primary N) is 1. The van der Waals surface area contributed by atoms with E-state index in [4.69, 9.17) is 10.4 Å². The van der Waals surface area contributed by atoms with E-state index in [-0.39, 0.29) is 5.89 Å². The van der Waals surface area contributed by atoms with Gasteiger partial charge in [-0.05, 0) is 10.8 Å². The van der Waals surface area contributed by atoms with E-state index in [2.05, 4.69) is 10.1 Å². The van der Waals surface area contributed by atoms with Gasteiger partial charge in [0.05, 0.1) is 0 Å². The zero-order valence-corrected chi connectivity index (χ0v) is 9.83. The highest BCUT2D eigenvalue weighted by atomic mass is 16.5. The summed E-state index contributed by atoms with van der Waals surface area (Å²) < 4.78 is 4.87. The van der Waals surface area contributed by atoms with Crippen LogP contribution in [0.3, 0.4) is 0 Å². The van der Waals surface area contributed by atoms with Crippen molar-refractivity contribution in [1.29, 1.82) is 0 Å². The van der Waals surface area contributed by atoms with Crippen LogP contribution in [0.2, 0.25) is 0 Å². The molecule has 3 N–H and O–H groups in total. The minimum atomic E-state index is -0.612. The maximum absolute atomic E-state index is 11.3. The number of fused-ring (bicyclic) bond motifs is 1. The first-order valence-corrected chi connectivity index (χ1v) is 5.62. The summed E-state index contributed by atoms with van der Waals surface area (Å²) >= 11 is 0. The molecule has 0 aliphatic carbocycles. The number of carbonyl (C=O) groups is 1. The van der Waals surface area contributed by atoms with Gasteiger partial charge < -0.3 is 4.52 Å². The fraction of sp³-hybridized carbons (Fsp3) is 0. The number of aromatic nitrogens is 2. The molecule has 0 atom stereocenters. The molecule has 94 valence electrons. The Balaban J connectivity index is 2.14. The van der Waals surface area contributed by atoms with Gasteiger partial charge in [-0.25, -0.2) is 5.84 Å². The van der Waals surface area contributed by atoms with Gasteiger partial charge in [0.25, 0.3) is 0 Å². The molecule has 1 amide bonds. The van der Waals surface area contributed by atoms with E-state index in [9.17, 15) is 4.79 Å². The molecule has 2 aromatic carbocycles. The van der Waals surface area contributed by atoms with Crippen molar-refractivity contribution in [1.82, 2.24) is 15.6 Å². The van der Waals surface area contributed by atoms with Crippen LogP contribution in [0.5, 0.6) is 0 Å². The largest absolute Gasteiger partial charge is 0.328 e. The first kappa shape index (κ1) is 11.4. The molecule has 0 fully saturated rings. The van der Waals surface area contributed by atoms with E-state index < -0.39 is 5.91 Å². The van der Waals surface area contributed by atoms with Crippen LogP contribution in [-0.2, 0) is 0 Å². The van der Waals surface area contributed by atoms with Gasteiger partial charge in [-0.1, -0.05) is 47.6 Å². The maximum Gasteiger partial charge on any atom is 0.323 e. The van der Waals surface area contributed by atoms with Crippen molar-refractivity contribution in [3.05, 3.63) is 48.4 Å². The lowest BCUT2D eigenvalue weighted by molar-refractivity contribution is 0.0910. The zero-order chi connectivity index (χ0) is 13.2. The standard InChI is InChI=1S/C13H10N4O2/c14-16-12(18)13-15-11(17-19-13)10-7-3-5-8-4-1-2-6-9(8)10/h1-7H,14H2,(H,16,18). The van der Waals surface area contributed by atoms with Gasteiger partial charge >= 0.3 is 11.8 Å². The molecule has 0 spiro atoms. The number of nitrogens with one attached hydrogen (secondary N) is 1. The molecule has 0 saturated carbocycles. The minimum absolute atomic E-state index is 0.162. The van der Waals surface area contributed by atoms with Gasteiger partial charge in [0, 0.05) is 5.56 Å². The van der Waals surface area contributed by atoms with E-state index in [1.165, 1.54) is 0 Å². The Morgan fingerprint density at radius 3 is 2.79 bits per heavy atom. The second-order valence-corrected chi connectivity index (χ2v) is 3.92. The van der Waals surface area contributed by atoms with Crippen LogP contribution in [0, 0.1) is 0 Å². The number of hydrazine groups is 1. The van der Waals surface area contributed by atoms with E-state index in [0.717, 1.165) is 16.3 Å². The van der Waals surface area contributed by atoms with Crippen LogP contribution in [0.1, 0.15) is 10.7 Å². The molecular formula is C13H10N4O2. The molecule has 6 heteroatoms. The summed E-state index contributed by atoms with van der Waals surface area (Å²) in [7, 11) is 0. The third-order valence-electron chi connectivity index (χ3n) is 2.78. The van der Waals surface area contributed by atoms with E-state index in [1.807, 2.05) is 47.9 Å². The normalized spacial score (nSPS) is 10.6. The van der Waals surface area contributed by atoms with Crippen molar-refractivity contribution >= 4 is 16.7 Å². The molecule has 0 aliphatic rings. The lowest BCUT2D eigenvalue weighted by Gasteiger charge is -2.01. The number of hydrogen-bond acceptors (Lipinski definition) is 5. The summed E-state index contributed by atoms with van der Waals surface area (Å²) in [6.07, 6.45) is 0. The minimum Gasteiger partial charge on any atom is -0.328 e. The Kier molecular flexibility index (Phi) is 2.70. The monoisotopic (exact) mass is 254 g/mol. The fourth-order valence-electron chi connectivity index (χ4n) is 1.91. The number of benzene rings is 2. The van der Waals surface area contributed by atoms with Crippen LogP contribution in [-0.4, -0.2) is 16.0 Å². The second kappa shape index (κ2) is 4.51. The predicted molar refractivity (Wildman–Crippen MR) is 68.9 cm³/mol. The van der Waals surface area contributed by atoms with E-state index in [0.29, 0.717) is 5.82 Å². The predicted octanol–water partition coefficient (Wildman–Crippen LogP) is 1.49. The summed E-state index contributed by atoms with van der Waals surface area (Å²) in [4.78, 5) is 15.3. The molecule has 1 heterocycles.